The molecule has 0 aliphatic heterocycles. The summed E-state index contributed by atoms with van der Waals surface area (Å²) in [7, 11) is 0. The minimum Gasteiger partial charge on any atom is -0.369 e. The zero-order valence-electron chi connectivity index (χ0n) is 9.22. The van der Waals surface area contributed by atoms with Crippen molar-refractivity contribution in [3.05, 3.63) is 17.1 Å². The first-order valence-corrected chi connectivity index (χ1v) is 6.09. The summed E-state index contributed by atoms with van der Waals surface area (Å²) in [5.74, 6) is 2.91. The van der Waals surface area contributed by atoms with E-state index in [-0.39, 0.29) is 0 Å². The van der Waals surface area contributed by atoms with Gasteiger partial charge in [0, 0.05) is 23.6 Å². The summed E-state index contributed by atoms with van der Waals surface area (Å²) < 4.78 is 0. The number of thioether (sulfide) groups is 1. The quantitative estimate of drug-likeness (QED) is 0.775. The van der Waals surface area contributed by atoms with Crippen molar-refractivity contribution in [2.24, 2.45) is 0 Å². The molecule has 0 aliphatic rings. The third-order valence-electron chi connectivity index (χ3n) is 2.10. The Kier molecular flexibility index (Phi) is 4.20. The Morgan fingerprint density at radius 3 is 2.57 bits per heavy atom. The number of aryl methyl sites for hydroxylation is 2. The van der Waals surface area contributed by atoms with Gasteiger partial charge < -0.3 is 5.32 Å². The summed E-state index contributed by atoms with van der Waals surface area (Å²) in [4.78, 5) is 8.68. The van der Waals surface area contributed by atoms with E-state index in [4.69, 9.17) is 0 Å². The highest BCUT2D eigenvalue weighted by Crippen LogP contribution is 2.14. The topological polar surface area (TPSA) is 37.8 Å². The van der Waals surface area contributed by atoms with Crippen molar-refractivity contribution in [3.63, 3.8) is 0 Å². The Bertz CT molecular complexity index is 312. The standard InChI is InChI=1S/C10H17N3S/c1-7-8(2)12-9(3)13-10(7)11-5-6-14-4/h5-6H2,1-4H3,(H,11,12,13). The fraction of sp³-hybridized carbons (Fsp3) is 0.600. The lowest BCUT2D eigenvalue weighted by molar-refractivity contribution is 0.977. The summed E-state index contributed by atoms with van der Waals surface area (Å²) in [6.45, 7) is 6.95. The van der Waals surface area contributed by atoms with E-state index in [2.05, 4.69) is 28.5 Å². The molecule has 0 saturated carbocycles. The maximum atomic E-state index is 4.37. The summed E-state index contributed by atoms with van der Waals surface area (Å²) in [6, 6.07) is 0. The van der Waals surface area contributed by atoms with Crippen LogP contribution >= 0.6 is 11.8 Å². The zero-order valence-corrected chi connectivity index (χ0v) is 10.0. The van der Waals surface area contributed by atoms with Gasteiger partial charge in [-0.25, -0.2) is 9.97 Å². The van der Waals surface area contributed by atoms with Gasteiger partial charge in [0.1, 0.15) is 11.6 Å². The molecule has 14 heavy (non-hydrogen) atoms. The third kappa shape index (κ3) is 2.87. The summed E-state index contributed by atoms with van der Waals surface area (Å²) in [5, 5.41) is 3.32. The summed E-state index contributed by atoms with van der Waals surface area (Å²) in [5.41, 5.74) is 2.21. The second-order valence-electron chi connectivity index (χ2n) is 3.25. The molecule has 0 saturated heterocycles. The molecular weight excluding hydrogens is 194 g/mol. The largest absolute Gasteiger partial charge is 0.369 e. The predicted octanol–water partition coefficient (Wildman–Crippen LogP) is 2.18. The molecule has 0 fully saturated rings. The van der Waals surface area contributed by atoms with E-state index in [1.165, 1.54) is 0 Å². The lowest BCUT2D eigenvalue weighted by atomic mass is 10.2. The molecule has 78 valence electrons. The number of nitrogens with zero attached hydrogens (tertiary/aromatic N) is 2. The molecule has 0 radical (unpaired) electrons. The second kappa shape index (κ2) is 5.20. The third-order valence-corrected chi connectivity index (χ3v) is 2.71. The van der Waals surface area contributed by atoms with Crippen LogP contribution in [-0.2, 0) is 0 Å². The minimum atomic E-state index is 0.833. The molecule has 4 heteroatoms. The van der Waals surface area contributed by atoms with Crippen LogP contribution in [0.3, 0.4) is 0 Å². The van der Waals surface area contributed by atoms with Crippen molar-refractivity contribution in [3.8, 4) is 0 Å². The van der Waals surface area contributed by atoms with Crippen LogP contribution in [-0.4, -0.2) is 28.5 Å². The maximum Gasteiger partial charge on any atom is 0.132 e. The zero-order chi connectivity index (χ0) is 10.6. The Balaban J connectivity index is 2.75. The number of aromatic nitrogens is 2. The normalized spacial score (nSPS) is 10.3. The van der Waals surface area contributed by atoms with Gasteiger partial charge in [0.2, 0.25) is 0 Å². The fourth-order valence-corrected chi connectivity index (χ4v) is 1.52. The molecule has 1 aromatic rings. The van der Waals surface area contributed by atoms with Crippen LogP contribution in [0.4, 0.5) is 5.82 Å². The van der Waals surface area contributed by atoms with Gasteiger partial charge >= 0.3 is 0 Å². The monoisotopic (exact) mass is 211 g/mol. The Labute approximate surface area is 89.7 Å². The molecule has 0 atom stereocenters. The van der Waals surface area contributed by atoms with E-state index < -0.39 is 0 Å². The van der Waals surface area contributed by atoms with Crippen LogP contribution in [0.25, 0.3) is 0 Å². The average Bonchev–Trinajstić information content (AvgIpc) is 2.13. The van der Waals surface area contributed by atoms with Crippen LogP contribution in [0.1, 0.15) is 17.1 Å². The fourth-order valence-electron chi connectivity index (χ4n) is 1.21. The highest BCUT2D eigenvalue weighted by Gasteiger charge is 2.04. The molecule has 3 nitrogen and oxygen atoms in total. The van der Waals surface area contributed by atoms with Gasteiger partial charge in [-0.1, -0.05) is 0 Å². The van der Waals surface area contributed by atoms with E-state index in [9.17, 15) is 0 Å². The molecule has 1 N–H and O–H groups in total. The van der Waals surface area contributed by atoms with Gasteiger partial charge in [0.15, 0.2) is 0 Å². The molecule has 0 amide bonds. The summed E-state index contributed by atoms with van der Waals surface area (Å²) >= 11 is 1.83. The van der Waals surface area contributed by atoms with Gasteiger partial charge in [-0.2, -0.15) is 11.8 Å². The van der Waals surface area contributed by atoms with Gasteiger partial charge in [0.05, 0.1) is 0 Å². The molecule has 0 unspecified atom stereocenters. The Morgan fingerprint density at radius 1 is 1.21 bits per heavy atom. The van der Waals surface area contributed by atoms with Crippen LogP contribution in [0.15, 0.2) is 0 Å². The number of hydrogen-bond acceptors (Lipinski definition) is 4. The molecule has 0 aromatic carbocycles. The van der Waals surface area contributed by atoms with Crippen molar-refractivity contribution in [1.82, 2.24) is 9.97 Å². The molecule has 1 rings (SSSR count). The van der Waals surface area contributed by atoms with Crippen molar-refractivity contribution < 1.29 is 0 Å². The number of hydrogen-bond donors (Lipinski definition) is 1. The predicted molar refractivity (Wildman–Crippen MR) is 63.1 cm³/mol. The van der Waals surface area contributed by atoms with E-state index in [1.807, 2.05) is 25.6 Å². The van der Waals surface area contributed by atoms with Crippen LogP contribution in [0.2, 0.25) is 0 Å². The van der Waals surface area contributed by atoms with E-state index in [1.54, 1.807) is 0 Å². The van der Waals surface area contributed by atoms with Gasteiger partial charge in [-0.05, 0) is 27.0 Å². The van der Waals surface area contributed by atoms with Crippen molar-refractivity contribution in [2.45, 2.75) is 20.8 Å². The van der Waals surface area contributed by atoms with Crippen LogP contribution < -0.4 is 5.32 Å². The van der Waals surface area contributed by atoms with E-state index >= 15 is 0 Å². The van der Waals surface area contributed by atoms with Crippen LogP contribution in [0.5, 0.6) is 0 Å². The van der Waals surface area contributed by atoms with Gasteiger partial charge in [-0.15, -0.1) is 0 Å². The molecule has 0 bridgehead atoms. The van der Waals surface area contributed by atoms with Gasteiger partial charge in [0.25, 0.3) is 0 Å². The lowest BCUT2D eigenvalue weighted by Crippen LogP contribution is -2.09. The lowest BCUT2D eigenvalue weighted by Gasteiger charge is -2.10. The SMILES string of the molecule is CSCCNc1nc(C)nc(C)c1C. The average molecular weight is 211 g/mol. The molecule has 0 aliphatic carbocycles. The molecule has 0 spiro atoms. The Hall–Kier alpha value is -0.770. The van der Waals surface area contributed by atoms with Crippen molar-refractivity contribution >= 4 is 17.6 Å². The van der Waals surface area contributed by atoms with E-state index in [0.29, 0.717) is 0 Å². The molecule has 1 heterocycles. The highest BCUT2D eigenvalue weighted by molar-refractivity contribution is 7.98. The first kappa shape index (κ1) is 11.3. The number of nitrogens with one attached hydrogen (secondary N) is 1. The minimum absolute atomic E-state index is 0.833. The van der Waals surface area contributed by atoms with Crippen molar-refractivity contribution in [1.29, 1.82) is 0 Å². The second-order valence-corrected chi connectivity index (χ2v) is 4.24. The maximum absolute atomic E-state index is 4.37. The number of rotatable bonds is 4. The summed E-state index contributed by atoms with van der Waals surface area (Å²) in [6.07, 6.45) is 2.10. The smallest absolute Gasteiger partial charge is 0.132 e. The van der Waals surface area contributed by atoms with Crippen molar-refractivity contribution in [2.75, 3.05) is 23.9 Å². The first-order chi connectivity index (χ1) is 6.65. The molecule has 1 aromatic heterocycles. The number of anilines is 1. The molecular formula is C10H17N3S. The van der Waals surface area contributed by atoms with Crippen LogP contribution in [0, 0.1) is 20.8 Å². The highest BCUT2D eigenvalue weighted by atomic mass is 32.2. The Morgan fingerprint density at radius 2 is 1.93 bits per heavy atom. The first-order valence-electron chi connectivity index (χ1n) is 4.69. The van der Waals surface area contributed by atoms with E-state index in [0.717, 1.165) is 35.2 Å². The van der Waals surface area contributed by atoms with Gasteiger partial charge in [-0.3, -0.25) is 0 Å².